The minimum atomic E-state index is -0.566. The van der Waals surface area contributed by atoms with E-state index in [1.54, 1.807) is 28.2 Å². The molecular weight excluding hydrogens is 404 g/mol. The Morgan fingerprint density at radius 1 is 1.19 bits per heavy atom. The topological polar surface area (TPSA) is 78.1 Å². The van der Waals surface area contributed by atoms with E-state index in [0.29, 0.717) is 13.2 Å². The Balaban J connectivity index is 1.94. The Morgan fingerprint density at radius 3 is 2.81 bits per heavy atom. The van der Waals surface area contributed by atoms with E-state index in [2.05, 4.69) is 23.7 Å². The van der Waals surface area contributed by atoms with Crippen LogP contribution in [0.5, 0.6) is 5.75 Å². The fraction of sp³-hybridized carbons (Fsp3) is 0.320. The summed E-state index contributed by atoms with van der Waals surface area (Å²) in [5.41, 5.74) is 2.53. The van der Waals surface area contributed by atoms with E-state index in [9.17, 15) is 14.7 Å². The van der Waals surface area contributed by atoms with Crippen LogP contribution in [0.25, 0.3) is 0 Å². The van der Waals surface area contributed by atoms with E-state index in [4.69, 9.17) is 0 Å². The van der Waals surface area contributed by atoms with Crippen molar-refractivity contribution < 1.29 is 9.90 Å². The normalized spacial score (nSPS) is 19.0. The van der Waals surface area contributed by atoms with Gasteiger partial charge in [-0.2, -0.15) is 0 Å². The molecule has 7 heteroatoms. The van der Waals surface area contributed by atoms with Gasteiger partial charge in [-0.1, -0.05) is 37.3 Å². The van der Waals surface area contributed by atoms with Crippen molar-refractivity contribution in [2.75, 3.05) is 18.2 Å². The third-order valence-electron chi connectivity index (χ3n) is 6.03. The third-order valence-corrected chi connectivity index (χ3v) is 6.03. The molecule has 0 saturated heterocycles. The van der Waals surface area contributed by atoms with Gasteiger partial charge in [-0.3, -0.25) is 24.3 Å². The Morgan fingerprint density at radius 2 is 2.00 bits per heavy atom. The second kappa shape index (κ2) is 9.26. The third kappa shape index (κ3) is 3.98. The number of aromatic hydroxyl groups is 1. The van der Waals surface area contributed by atoms with Crippen molar-refractivity contribution in [2.24, 2.45) is 4.99 Å². The van der Waals surface area contributed by atoms with Crippen LogP contribution in [0.3, 0.4) is 0 Å². The SMILES string of the molecule is C=C(/C=C\N=C/C)[C@@H]1c2ccccc2CCCCCN2CN1n1ccc(=O)c(O)c1C2=O. The van der Waals surface area contributed by atoms with Gasteiger partial charge in [0.15, 0.2) is 11.4 Å². The maximum absolute atomic E-state index is 13.2. The molecule has 0 saturated carbocycles. The molecule has 1 N–H and O–H groups in total. The monoisotopic (exact) mass is 432 g/mol. The van der Waals surface area contributed by atoms with E-state index >= 15 is 0 Å². The molecule has 0 radical (unpaired) electrons. The van der Waals surface area contributed by atoms with E-state index in [-0.39, 0.29) is 17.6 Å². The number of rotatable bonds is 3. The highest BCUT2D eigenvalue weighted by Gasteiger charge is 2.37. The van der Waals surface area contributed by atoms with Crippen molar-refractivity contribution in [1.29, 1.82) is 0 Å². The second-order valence-electron chi connectivity index (χ2n) is 8.08. The van der Waals surface area contributed by atoms with Gasteiger partial charge in [-0.15, -0.1) is 0 Å². The molecule has 0 fully saturated rings. The lowest BCUT2D eigenvalue weighted by atomic mass is 9.92. The number of aliphatic imine (C=N–C) groups is 1. The minimum Gasteiger partial charge on any atom is -0.502 e. The lowest BCUT2D eigenvalue weighted by molar-refractivity contribution is 0.0677. The summed E-state index contributed by atoms with van der Waals surface area (Å²) in [6, 6.07) is 9.24. The number of amides is 1. The van der Waals surface area contributed by atoms with Crippen LogP contribution in [-0.4, -0.2) is 40.0 Å². The van der Waals surface area contributed by atoms with E-state index in [1.807, 2.05) is 30.1 Å². The Labute approximate surface area is 187 Å². The molecule has 3 heterocycles. The molecule has 7 nitrogen and oxygen atoms in total. The van der Waals surface area contributed by atoms with E-state index < -0.39 is 11.2 Å². The molecule has 1 atom stereocenters. The molecule has 1 aromatic carbocycles. The Kier molecular flexibility index (Phi) is 6.25. The van der Waals surface area contributed by atoms with Crippen molar-refractivity contribution in [2.45, 2.75) is 38.6 Å². The van der Waals surface area contributed by atoms with Crippen molar-refractivity contribution in [3.63, 3.8) is 0 Å². The number of aromatic nitrogens is 1. The van der Waals surface area contributed by atoms with Gasteiger partial charge in [-0.05, 0) is 49.0 Å². The zero-order chi connectivity index (χ0) is 22.7. The first-order valence-corrected chi connectivity index (χ1v) is 10.9. The Bertz CT molecular complexity index is 1150. The summed E-state index contributed by atoms with van der Waals surface area (Å²) in [6.45, 7) is 7.06. The molecule has 2 aromatic rings. The van der Waals surface area contributed by atoms with Crippen molar-refractivity contribution >= 4 is 12.1 Å². The molecule has 0 unspecified atom stereocenters. The van der Waals surface area contributed by atoms with Gasteiger partial charge >= 0.3 is 0 Å². The first kappa shape index (κ1) is 21.6. The number of aryl methyl sites for hydroxylation is 1. The zero-order valence-electron chi connectivity index (χ0n) is 18.3. The lowest BCUT2D eigenvalue weighted by Gasteiger charge is -2.44. The van der Waals surface area contributed by atoms with Gasteiger partial charge in [0, 0.05) is 31.2 Å². The van der Waals surface area contributed by atoms with Crippen molar-refractivity contribution in [3.05, 3.63) is 88.0 Å². The standard InChI is InChI=1S/C25H28N4O3/c1-3-26-14-12-18(2)22-20-11-7-6-10-19(20)9-5-4-8-15-27-17-29(22)28-16-13-21(30)24(31)23(28)25(27)32/h3,6-7,10-14,16,22,31H,2,4-5,8-9,15,17H2,1H3/b14-12-,26-3-/t22-/m1/s1. The molecule has 32 heavy (non-hydrogen) atoms. The quantitative estimate of drug-likeness (QED) is 0.595. The molecule has 4 rings (SSSR count). The number of carbonyl (C=O) groups is 1. The number of fused-ring (bicyclic) bond motifs is 5. The van der Waals surface area contributed by atoms with Crippen LogP contribution in [0.2, 0.25) is 0 Å². The van der Waals surface area contributed by atoms with E-state index in [1.165, 1.54) is 11.6 Å². The summed E-state index contributed by atoms with van der Waals surface area (Å²) in [6.07, 6.45) is 10.6. The maximum atomic E-state index is 13.2. The molecular formula is C25H28N4O3. The van der Waals surface area contributed by atoms with Crippen LogP contribution in [0.15, 0.2) is 70.7 Å². The largest absolute Gasteiger partial charge is 0.502 e. The molecule has 2 aliphatic heterocycles. The summed E-state index contributed by atoms with van der Waals surface area (Å²) in [7, 11) is 0. The van der Waals surface area contributed by atoms with Gasteiger partial charge in [-0.25, -0.2) is 0 Å². The molecule has 2 aliphatic rings. The number of nitrogens with zero attached hydrogens (tertiary/aromatic N) is 4. The van der Waals surface area contributed by atoms with E-state index in [0.717, 1.165) is 36.8 Å². The maximum Gasteiger partial charge on any atom is 0.277 e. The van der Waals surface area contributed by atoms with Crippen LogP contribution in [-0.2, 0) is 6.42 Å². The second-order valence-corrected chi connectivity index (χ2v) is 8.08. The van der Waals surface area contributed by atoms with Crippen LogP contribution in [0, 0.1) is 0 Å². The predicted molar refractivity (Wildman–Crippen MR) is 126 cm³/mol. The summed E-state index contributed by atoms with van der Waals surface area (Å²) in [5.74, 6) is -0.856. The van der Waals surface area contributed by atoms with Crippen molar-refractivity contribution in [3.8, 4) is 5.75 Å². The zero-order valence-corrected chi connectivity index (χ0v) is 18.3. The predicted octanol–water partition coefficient (Wildman–Crippen LogP) is 3.53. The first-order chi connectivity index (χ1) is 15.5. The van der Waals surface area contributed by atoms with Gasteiger partial charge in [0.2, 0.25) is 5.43 Å². The Hall–Kier alpha value is -3.61. The molecule has 166 valence electrons. The van der Waals surface area contributed by atoms with Crippen LogP contribution in [0.1, 0.15) is 53.8 Å². The minimum absolute atomic E-state index is 0.00571. The van der Waals surface area contributed by atoms with Crippen LogP contribution < -0.4 is 10.4 Å². The fourth-order valence-electron chi connectivity index (χ4n) is 4.46. The molecule has 1 aromatic heterocycles. The average Bonchev–Trinajstić information content (AvgIpc) is 2.82. The van der Waals surface area contributed by atoms with Crippen LogP contribution >= 0.6 is 0 Å². The lowest BCUT2D eigenvalue weighted by Crippen LogP contribution is -2.55. The number of pyridine rings is 1. The fourth-order valence-corrected chi connectivity index (χ4v) is 4.46. The first-order valence-electron chi connectivity index (χ1n) is 10.9. The van der Waals surface area contributed by atoms with Gasteiger partial charge in [0.25, 0.3) is 5.91 Å². The highest BCUT2D eigenvalue weighted by Crippen LogP contribution is 2.34. The molecule has 1 amide bonds. The summed E-state index contributed by atoms with van der Waals surface area (Å²) < 4.78 is 1.61. The van der Waals surface area contributed by atoms with Gasteiger partial charge in [0.05, 0.1) is 6.04 Å². The highest BCUT2D eigenvalue weighted by molar-refractivity contribution is 5.96. The summed E-state index contributed by atoms with van der Waals surface area (Å²) >= 11 is 0. The summed E-state index contributed by atoms with van der Waals surface area (Å²) in [5, 5.41) is 12.5. The molecule has 2 bridgehead atoms. The smallest absolute Gasteiger partial charge is 0.277 e. The molecule has 0 spiro atoms. The number of carbonyl (C=O) groups excluding carboxylic acids is 1. The van der Waals surface area contributed by atoms with Gasteiger partial charge < -0.3 is 10.0 Å². The highest BCUT2D eigenvalue weighted by atomic mass is 16.3. The number of hydrogen-bond donors (Lipinski definition) is 1. The van der Waals surface area contributed by atoms with Gasteiger partial charge in [0.1, 0.15) is 6.67 Å². The summed E-state index contributed by atoms with van der Waals surface area (Å²) in [4.78, 5) is 31.3. The van der Waals surface area contributed by atoms with Crippen molar-refractivity contribution in [1.82, 2.24) is 9.58 Å². The number of benzene rings is 1. The number of hydrogen-bond acceptors (Lipinski definition) is 5. The molecule has 0 aliphatic carbocycles. The van der Waals surface area contributed by atoms with Crippen LogP contribution in [0.4, 0.5) is 0 Å². The average molecular weight is 433 g/mol.